The third-order valence-corrected chi connectivity index (χ3v) is 6.16. The minimum atomic E-state index is -3.43. The molecule has 1 N–H and O–H groups in total. The molecule has 0 radical (unpaired) electrons. The van der Waals surface area contributed by atoms with E-state index in [2.05, 4.69) is 5.32 Å². The number of carbonyl (C=O) groups is 1. The largest absolute Gasteiger partial charge is 0.353 e. The Morgan fingerprint density at radius 3 is 2.46 bits per heavy atom. The summed E-state index contributed by atoms with van der Waals surface area (Å²) in [5.41, 5.74) is 0.528. The Morgan fingerprint density at radius 2 is 1.85 bits per heavy atom. The Bertz CT molecular complexity index is 686. The van der Waals surface area contributed by atoms with Gasteiger partial charge in [-0.2, -0.15) is 0 Å². The predicted octanol–water partition coefficient (Wildman–Crippen LogP) is 4.12. The Balaban J connectivity index is 1.85. The van der Waals surface area contributed by atoms with Gasteiger partial charge in [0.2, 0.25) is 15.9 Å². The molecule has 0 unspecified atom stereocenters. The smallest absolute Gasteiger partial charge is 0.232 e. The first-order valence-electron chi connectivity index (χ1n) is 9.39. The number of halogens is 1. The highest BCUT2D eigenvalue weighted by molar-refractivity contribution is 7.92. The summed E-state index contributed by atoms with van der Waals surface area (Å²) in [6, 6.07) is 7.02. The van der Waals surface area contributed by atoms with Gasteiger partial charge in [-0.05, 0) is 37.5 Å². The fourth-order valence-electron chi connectivity index (χ4n) is 3.40. The Kier molecular flexibility index (Phi) is 8.22. The Morgan fingerprint density at radius 1 is 1.19 bits per heavy atom. The minimum absolute atomic E-state index is 0.00937. The highest BCUT2D eigenvalue weighted by atomic mass is 35.5. The molecule has 5 nitrogen and oxygen atoms in total. The van der Waals surface area contributed by atoms with Gasteiger partial charge in [0.15, 0.2) is 0 Å². The van der Waals surface area contributed by atoms with E-state index in [9.17, 15) is 13.2 Å². The van der Waals surface area contributed by atoms with Crippen molar-refractivity contribution >= 4 is 33.2 Å². The van der Waals surface area contributed by atoms with Crippen LogP contribution in [0.15, 0.2) is 24.3 Å². The van der Waals surface area contributed by atoms with Gasteiger partial charge in [-0.1, -0.05) is 49.8 Å². The molecule has 1 saturated carbocycles. The minimum Gasteiger partial charge on any atom is -0.353 e. The van der Waals surface area contributed by atoms with E-state index >= 15 is 0 Å². The number of hydrogen-bond donors (Lipinski definition) is 1. The number of anilines is 1. The predicted molar refractivity (Wildman–Crippen MR) is 107 cm³/mol. The van der Waals surface area contributed by atoms with E-state index in [1.54, 1.807) is 24.3 Å². The Hall–Kier alpha value is -1.27. The zero-order chi connectivity index (χ0) is 19.0. The molecular formula is C19H29ClN2O3S. The zero-order valence-electron chi connectivity index (χ0n) is 15.4. The van der Waals surface area contributed by atoms with Crippen molar-refractivity contribution in [1.82, 2.24) is 5.32 Å². The average Bonchev–Trinajstić information content (AvgIpc) is 2.53. The standard InChI is InChI=1S/C19H29ClN2O3S/c1-26(24,25)22(18-12-7-9-16(20)15-18)14-8-13-19(23)21-17-10-5-3-2-4-6-11-17/h7,9,12,15,17H,2-6,8,10-11,13-14H2,1H3,(H,21,23). The van der Waals surface area contributed by atoms with E-state index in [0.29, 0.717) is 23.6 Å². The summed E-state index contributed by atoms with van der Waals surface area (Å²) < 4.78 is 25.5. The molecule has 1 aromatic carbocycles. The van der Waals surface area contributed by atoms with Gasteiger partial charge in [-0.25, -0.2) is 8.42 Å². The second-order valence-electron chi connectivity index (χ2n) is 7.03. The summed E-state index contributed by atoms with van der Waals surface area (Å²) in [7, 11) is -3.43. The van der Waals surface area contributed by atoms with Crippen molar-refractivity contribution in [2.45, 2.75) is 63.8 Å². The SMILES string of the molecule is CS(=O)(=O)N(CCCC(=O)NC1CCCCCCC1)c1cccc(Cl)c1. The molecule has 0 atom stereocenters. The van der Waals surface area contributed by atoms with E-state index in [-0.39, 0.29) is 18.5 Å². The number of amides is 1. The van der Waals surface area contributed by atoms with Gasteiger partial charge in [-0.3, -0.25) is 9.10 Å². The van der Waals surface area contributed by atoms with Gasteiger partial charge in [0.05, 0.1) is 11.9 Å². The summed E-state index contributed by atoms with van der Waals surface area (Å²) >= 11 is 5.97. The van der Waals surface area contributed by atoms with Crippen LogP contribution in [-0.4, -0.2) is 33.2 Å². The summed E-state index contributed by atoms with van der Waals surface area (Å²) in [6.45, 7) is 0.261. The van der Waals surface area contributed by atoms with Crippen molar-refractivity contribution in [3.05, 3.63) is 29.3 Å². The average molecular weight is 401 g/mol. The molecule has 0 bridgehead atoms. The first kappa shape index (κ1) is 21.0. The normalized spacial score (nSPS) is 16.5. The lowest BCUT2D eigenvalue weighted by Gasteiger charge is -2.23. The summed E-state index contributed by atoms with van der Waals surface area (Å²) in [4.78, 5) is 12.2. The maximum atomic E-state index is 12.2. The van der Waals surface area contributed by atoms with Crippen LogP contribution in [-0.2, 0) is 14.8 Å². The van der Waals surface area contributed by atoms with Crippen LogP contribution < -0.4 is 9.62 Å². The van der Waals surface area contributed by atoms with E-state index in [1.165, 1.54) is 42.7 Å². The zero-order valence-corrected chi connectivity index (χ0v) is 17.0. The lowest BCUT2D eigenvalue weighted by molar-refractivity contribution is -0.122. The molecule has 26 heavy (non-hydrogen) atoms. The quantitative estimate of drug-likeness (QED) is 0.748. The third-order valence-electron chi connectivity index (χ3n) is 4.73. The highest BCUT2D eigenvalue weighted by Gasteiger charge is 2.19. The molecule has 1 aliphatic carbocycles. The number of hydrogen-bond acceptors (Lipinski definition) is 3. The van der Waals surface area contributed by atoms with Gasteiger partial charge < -0.3 is 5.32 Å². The number of nitrogens with one attached hydrogen (secondary N) is 1. The van der Waals surface area contributed by atoms with E-state index in [1.807, 2.05) is 0 Å². The molecule has 0 saturated heterocycles. The molecule has 0 heterocycles. The molecule has 1 aromatic rings. The van der Waals surface area contributed by atoms with Crippen LogP contribution in [0.1, 0.15) is 57.8 Å². The van der Waals surface area contributed by atoms with Crippen LogP contribution in [0.4, 0.5) is 5.69 Å². The number of carbonyl (C=O) groups excluding carboxylic acids is 1. The molecular weight excluding hydrogens is 372 g/mol. The van der Waals surface area contributed by atoms with Crippen LogP contribution in [0, 0.1) is 0 Å². The molecule has 0 aliphatic heterocycles. The second kappa shape index (κ2) is 10.2. The van der Waals surface area contributed by atoms with Gasteiger partial charge in [0.1, 0.15) is 0 Å². The van der Waals surface area contributed by atoms with Gasteiger partial charge in [0, 0.05) is 24.0 Å². The molecule has 1 amide bonds. The van der Waals surface area contributed by atoms with E-state index < -0.39 is 10.0 Å². The number of benzene rings is 1. The van der Waals surface area contributed by atoms with Crippen molar-refractivity contribution < 1.29 is 13.2 Å². The summed E-state index contributed by atoms with van der Waals surface area (Å²) in [5, 5.41) is 3.60. The van der Waals surface area contributed by atoms with Crippen molar-refractivity contribution in [2.75, 3.05) is 17.1 Å². The lowest BCUT2D eigenvalue weighted by Crippen LogP contribution is -2.36. The number of sulfonamides is 1. The van der Waals surface area contributed by atoms with Crippen molar-refractivity contribution in [2.24, 2.45) is 0 Å². The number of rotatable bonds is 7. The lowest BCUT2D eigenvalue weighted by atomic mass is 9.96. The first-order chi connectivity index (χ1) is 12.4. The van der Waals surface area contributed by atoms with E-state index in [0.717, 1.165) is 12.8 Å². The molecule has 7 heteroatoms. The van der Waals surface area contributed by atoms with Crippen molar-refractivity contribution in [3.8, 4) is 0 Å². The first-order valence-corrected chi connectivity index (χ1v) is 11.6. The third kappa shape index (κ3) is 7.16. The monoisotopic (exact) mass is 400 g/mol. The molecule has 2 rings (SSSR count). The molecule has 1 aliphatic rings. The maximum Gasteiger partial charge on any atom is 0.232 e. The molecule has 1 fully saturated rings. The van der Waals surface area contributed by atoms with Crippen molar-refractivity contribution in [3.63, 3.8) is 0 Å². The van der Waals surface area contributed by atoms with Crippen LogP contribution >= 0.6 is 11.6 Å². The van der Waals surface area contributed by atoms with Crippen LogP contribution in [0.5, 0.6) is 0 Å². The van der Waals surface area contributed by atoms with Gasteiger partial charge in [0.25, 0.3) is 0 Å². The fraction of sp³-hybridized carbons (Fsp3) is 0.632. The van der Waals surface area contributed by atoms with Gasteiger partial charge >= 0.3 is 0 Å². The van der Waals surface area contributed by atoms with E-state index in [4.69, 9.17) is 11.6 Å². The number of nitrogens with zero attached hydrogens (tertiary/aromatic N) is 1. The second-order valence-corrected chi connectivity index (χ2v) is 9.37. The fourth-order valence-corrected chi connectivity index (χ4v) is 4.54. The van der Waals surface area contributed by atoms with Crippen LogP contribution in [0.25, 0.3) is 0 Å². The molecule has 146 valence electrons. The van der Waals surface area contributed by atoms with Crippen LogP contribution in [0.2, 0.25) is 5.02 Å². The Labute approximate surface area is 162 Å². The summed E-state index contributed by atoms with van der Waals surface area (Å²) in [6.07, 6.45) is 10.2. The van der Waals surface area contributed by atoms with Gasteiger partial charge in [-0.15, -0.1) is 0 Å². The van der Waals surface area contributed by atoms with Crippen molar-refractivity contribution in [1.29, 1.82) is 0 Å². The maximum absolute atomic E-state index is 12.2. The topological polar surface area (TPSA) is 66.5 Å². The van der Waals surface area contributed by atoms with Crippen LogP contribution in [0.3, 0.4) is 0 Å². The highest BCUT2D eigenvalue weighted by Crippen LogP contribution is 2.22. The molecule has 0 aromatic heterocycles. The summed E-state index contributed by atoms with van der Waals surface area (Å²) in [5.74, 6) is 0.00937. The molecule has 0 spiro atoms.